The van der Waals surface area contributed by atoms with Gasteiger partial charge in [0.15, 0.2) is 0 Å². The number of aromatic nitrogens is 1. The van der Waals surface area contributed by atoms with E-state index in [1.54, 1.807) is 0 Å². The fourth-order valence-electron chi connectivity index (χ4n) is 7.14. The Morgan fingerprint density at radius 3 is 1.64 bits per heavy atom. The van der Waals surface area contributed by atoms with Gasteiger partial charge in [-0.25, -0.2) is 0 Å². The lowest BCUT2D eigenvalue weighted by molar-refractivity contribution is 1.36. The number of benzene rings is 7. The van der Waals surface area contributed by atoms with Crippen LogP contribution in [0.3, 0.4) is 0 Å². The molecule has 0 saturated carbocycles. The molecule has 42 heavy (non-hydrogen) atoms. The highest BCUT2D eigenvalue weighted by Crippen LogP contribution is 2.58. The van der Waals surface area contributed by atoms with E-state index in [1.807, 2.05) is 12.4 Å². The monoisotopic (exact) mass is 531 g/mol. The molecule has 0 aliphatic heterocycles. The molecule has 0 spiro atoms. The third-order valence-corrected chi connectivity index (χ3v) is 8.85. The minimum atomic E-state index is 1.17. The highest BCUT2D eigenvalue weighted by atomic mass is 14.6. The van der Waals surface area contributed by atoms with Crippen LogP contribution in [0, 0.1) is 0 Å². The van der Waals surface area contributed by atoms with Gasteiger partial charge in [-0.15, -0.1) is 0 Å². The summed E-state index contributed by atoms with van der Waals surface area (Å²) in [5.74, 6) is 0. The Morgan fingerprint density at radius 2 is 0.952 bits per heavy atom. The van der Waals surface area contributed by atoms with Crippen molar-refractivity contribution < 1.29 is 0 Å². The molecule has 7 aromatic carbocycles. The summed E-state index contributed by atoms with van der Waals surface area (Å²) in [6.45, 7) is 0. The highest BCUT2D eigenvalue weighted by molar-refractivity contribution is 6.28. The fraction of sp³-hybridized carbons (Fsp3) is 0. The number of fused-ring (bicyclic) bond motifs is 5. The zero-order chi connectivity index (χ0) is 27.6. The summed E-state index contributed by atoms with van der Waals surface area (Å²) in [4.78, 5) is 4.48. The van der Waals surface area contributed by atoms with Crippen molar-refractivity contribution in [2.75, 3.05) is 0 Å². The normalized spacial score (nSPS) is 11.8. The highest BCUT2D eigenvalue weighted by Gasteiger charge is 2.31. The van der Waals surface area contributed by atoms with Gasteiger partial charge in [-0.2, -0.15) is 0 Å². The summed E-state index contributed by atoms with van der Waals surface area (Å²) in [5, 5.41) is 7.54. The first-order chi connectivity index (χ1) is 20.9. The van der Waals surface area contributed by atoms with Gasteiger partial charge in [0.25, 0.3) is 0 Å². The molecule has 1 aliphatic rings. The molecule has 0 bridgehead atoms. The minimum Gasteiger partial charge on any atom is -0.264 e. The Morgan fingerprint density at radius 1 is 0.357 bits per heavy atom. The van der Waals surface area contributed by atoms with E-state index in [0.717, 1.165) is 0 Å². The summed E-state index contributed by atoms with van der Waals surface area (Å²) in [6.07, 6.45) is 3.87. The Hall–Kier alpha value is -5.53. The van der Waals surface area contributed by atoms with E-state index in [4.69, 9.17) is 0 Å². The van der Waals surface area contributed by atoms with Gasteiger partial charge < -0.3 is 0 Å². The average Bonchev–Trinajstić information content (AvgIpc) is 3.38. The average molecular weight is 532 g/mol. The fourth-order valence-corrected chi connectivity index (χ4v) is 7.14. The van der Waals surface area contributed by atoms with Crippen LogP contribution >= 0.6 is 0 Å². The molecule has 194 valence electrons. The molecule has 8 aromatic rings. The smallest absolute Gasteiger partial charge is 0.0352 e. The predicted molar refractivity (Wildman–Crippen MR) is 177 cm³/mol. The second-order valence-corrected chi connectivity index (χ2v) is 11.1. The van der Waals surface area contributed by atoms with E-state index in [9.17, 15) is 0 Å². The van der Waals surface area contributed by atoms with E-state index in [2.05, 4.69) is 145 Å². The molecule has 1 heteroatoms. The number of hydrogen-bond donors (Lipinski definition) is 0. The number of nitrogens with zero attached hydrogens (tertiary/aromatic N) is 1. The van der Waals surface area contributed by atoms with Crippen molar-refractivity contribution in [2.45, 2.75) is 0 Å². The number of rotatable bonds is 3. The summed E-state index contributed by atoms with van der Waals surface area (Å²) < 4.78 is 0. The van der Waals surface area contributed by atoms with Crippen molar-refractivity contribution in [3.05, 3.63) is 152 Å². The quantitative estimate of drug-likeness (QED) is 0.221. The van der Waals surface area contributed by atoms with Crippen LogP contribution in [-0.2, 0) is 0 Å². The molecule has 9 rings (SSSR count). The molecule has 0 unspecified atom stereocenters. The van der Waals surface area contributed by atoms with Gasteiger partial charge in [0, 0.05) is 17.8 Å². The molecule has 1 aromatic heterocycles. The second kappa shape index (κ2) is 8.99. The SMILES string of the molecule is c1ccc(-c2c3c(c(-c4ccccc4)c4ccccc24)-c2cc(-c4cccc5ccncc45)cc4cccc-3c24)cc1. The van der Waals surface area contributed by atoms with Gasteiger partial charge in [-0.05, 0) is 101 Å². The molecule has 1 heterocycles. The number of hydrogen-bond acceptors (Lipinski definition) is 1. The van der Waals surface area contributed by atoms with Crippen molar-refractivity contribution in [3.63, 3.8) is 0 Å². The van der Waals surface area contributed by atoms with Crippen LogP contribution < -0.4 is 0 Å². The van der Waals surface area contributed by atoms with Crippen LogP contribution in [0.5, 0.6) is 0 Å². The predicted octanol–water partition coefficient (Wildman–Crippen LogP) is 11.2. The van der Waals surface area contributed by atoms with E-state index < -0.39 is 0 Å². The largest absolute Gasteiger partial charge is 0.264 e. The van der Waals surface area contributed by atoms with Gasteiger partial charge in [0.05, 0.1) is 0 Å². The first kappa shape index (κ1) is 23.2. The van der Waals surface area contributed by atoms with Gasteiger partial charge in [0.1, 0.15) is 0 Å². The standard InChI is InChI=1S/C41H25N/c1-3-11-27(12-4-1)38-32-17-7-8-18-33(32)39(28-13-5-2-6-14-28)41-35-24-30(23-29-16-10-20-34(37(29)35)40(38)41)31-19-9-15-26-21-22-42-25-36(26)31/h1-25H. The van der Waals surface area contributed by atoms with Gasteiger partial charge in [0.2, 0.25) is 0 Å². The summed E-state index contributed by atoms with van der Waals surface area (Å²) in [6, 6.07) is 51.0. The van der Waals surface area contributed by atoms with Crippen molar-refractivity contribution >= 4 is 32.3 Å². The minimum absolute atomic E-state index is 1.17. The maximum Gasteiger partial charge on any atom is 0.0352 e. The lowest BCUT2D eigenvalue weighted by Crippen LogP contribution is -1.93. The van der Waals surface area contributed by atoms with Crippen LogP contribution in [0.25, 0.3) is 88.0 Å². The maximum atomic E-state index is 4.48. The molecule has 0 amide bonds. The molecule has 0 fully saturated rings. The van der Waals surface area contributed by atoms with Crippen molar-refractivity contribution in [2.24, 2.45) is 0 Å². The first-order valence-electron chi connectivity index (χ1n) is 14.5. The van der Waals surface area contributed by atoms with Gasteiger partial charge in [-0.3, -0.25) is 4.98 Å². The van der Waals surface area contributed by atoms with Gasteiger partial charge >= 0.3 is 0 Å². The van der Waals surface area contributed by atoms with E-state index in [1.165, 1.54) is 88.0 Å². The molecule has 0 saturated heterocycles. The third-order valence-electron chi connectivity index (χ3n) is 8.85. The summed E-state index contributed by atoms with van der Waals surface area (Å²) >= 11 is 0. The van der Waals surface area contributed by atoms with Crippen molar-refractivity contribution in [1.29, 1.82) is 0 Å². The molecule has 1 nitrogen and oxygen atoms in total. The topological polar surface area (TPSA) is 12.9 Å². The molecule has 1 aliphatic carbocycles. The zero-order valence-corrected chi connectivity index (χ0v) is 22.9. The Bertz CT molecular complexity index is 2330. The Labute approximate surface area is 244 Å². The van der Waals surface area contributed by atoms with Crippen LogP contribution in [0.1, 0.15) is 0 Å². The summed E-state index contributed by atoms with van der Waals surface area (Å²) in [7, 11) is 0. The molecular weight excluding hydrogens is 506 g/mol. The lowest BCUT2D eigenvalue weighted by atomic mass is 9.82. The second-order valence-electron chi connectivity index (χ2n) is 11.1. The zero-order valence-electron chi connectivity index (χ0n) is 22.9. The van der Waals surface area contributed by atoms with Gasteiger partial charge in [-0.1, -0.05) is 121 Å². The Kier molecular flexibility index (Phi) is 4.97. The molecule has 0 atom stereocenters. The van der Waals surface area contributed by atoms with Crippen LogP contribution in [0.2, 0.25) is 0 Å². The first-order valence-corrected chi connectivity index (χ1v) is 14.5. The van der Waals surface area contributed by atoms with Crippen molar-refractivity contribution in [3.8, 4) is 55.6 Å². The van der Waals surface area contributed by atoms with E-state index >= 15 is 0 Å². The van der Waals surface area contributed by atoms with Crippen molar-refractivity contribution in [1.82, 2.24) is 4.98 Å². The van der Waals surface area contributed by atoms with Crippen LogP contribution in [-0.4, -0.2) is 4.98 Å². The maximum absolute atomic E-state index is 4.48. The number of pyridine rings is 1. The molecular formula is C41H25N. The molecule has 0 N–H and O–H groups in total. The van der Waals surface area contributed by atoms with E-state index in [-0.39, 0.29) is 0 Å². The summed E-state index contributed by atoms with van der Waals surface area (Å²) in [5.41, 5.74) is 12.8. The molecule has 0 radical (unpaired) electrons. The Balaban J connectivity index is 1.48. The van der Waals surface area contributed by atoms with E-state index in [0.29, 0.717) is 0 Å². The third kappa shape index (κ3) is 3.28. The van der Waals surface area contributed by atoms with Crippen LogP contribution in [0.15, 0.2) is 152 Å². The van der Waals surface area contributed by atoms with Crippen LogP contribution in [0.4, 0.5) is 0 Å². The lowest BCUT2D eigenvalue weighted by Gasteiger charge is -2.20.